The zero-order valence-electron chi connectivity index (χ0n) is 14.2. The van der Waals surface area contributed by atoms with Crippen molar-refractivity contribution in [2.75, 3.05) is 25.9 Å². The standard InChI is InChI=1S/C17H23N3O4S/c1-19-10-11-25(23,24)18-14(12-13-6-3-2-4-7-13)16(21)20-9-5-8-15(20)17(19)22/h2-4,6-7,14-15,18H,5,8-12H2,1H3/t14-,15+/m0/s1. The minimum absolute atomic E-state index is 0.116. The molecule has 0 aromatic heterocycles. The van der Waals surface area contributed by atoms with E-state index < -0.39 is 22.1 Å². The Morgan fingerprint density at radius 2 is 1.84 bits per heavy atom. The van der Waals surface area contributed by atoms with Gasteiger partial charge in [-0.1, -0.05) is 30.3 Å². The predicted octanol–water partition coefficient (Wildman–Crippen LogP) is -0.0199. The van der Waals surface area contributed by atoms with Gasteiger partial charge in [0.15, 0.2) is 0 Å². The number of benzene rings is 1. The van der Waals surface area contributed by atoms with E-state index in [0.29, 0.717) is 13.0 Å². The largest absolute Gasteiger partial charge is 0.343 e. The number of hydrogen-bond donors (Lipinski definition) is 1. The summed E-state index contributed by atoms with van der Waals surface area (Å²) in [4.78, 5) is 28.6. The molecule has 1 N–H and O–H groups in total. The smallest absolute Gasteiger partial charge is 0.245 e. The minimum Gasteiger partial charge on any atom is -0.343 e. The topological polar surface area (TPSA) is 86.8 Å². The Labute approximate surface area is 148 Å². The van der Waals surface area contributed by atoms with Crippen molar-refractivity contribution in [2.45, 2.75) is 31.3 Å². The van der Waals surface area contributed by atoms with Gasteiger partial charge in [-0.15, -0.1) is 0 Å². The molecule has 0 spiro atoms. The maximum atomic E-state index is 13.0. The number of carbonyl (C=O) groups is 2. The van der Waals surface area contributed by atoms with Crippen LogP contribution in [0.1, 0.15) is 18.4 Å². The maximum absolute atomic E-state index is 13.0. The van der Waals surface area contributed by atoms with Crippen LogP contribution in [0.4, 0.5) is 0 Å². The second-order valence-corrected chi connectivity index (χ2v) is 8.50. The van der Waals surface area contributed by atoms with Gasteiger partial charge >= 0.3 is 0 Å². The molecule has 3 rings (SSSR count). The summed E-state index contributed by atoms with van der Waals surface area (Å²) in [6.07, 6.45) is 1.65. The summed E-state index contributed by atoms with van der Waals surface area (Å²) in [6.45, 7) is 0.598. The molecule has 136 valence electrons. The fraction of sp³-hybridized carbons (Fsp3) is 0.529. The van der Waals surface area contributed by atoms with Crippen LogP contribution in [-0.4, -0.2) is 68.0 Å². The van der Waals surface area contributed by atoms with E-state index in [2.05, 4.69) is 4.72 Å². The third kappa shape index (κ3) is 4.01. The van der Waals surface area contributed by atoms with Gasteiger partial charge in [-0.25, -0.2) is 13.1 Å². The molecule has 2 atom stereocenters. The van der Waals surface area contributed by atoms with Crippen molar-refractivity contribution >= 4 is 21.8 Å². The quantitative estimate of drug-likeness (QED) is 0.798. The third-order valence-electron chi connectivity index (χ3n) is 4.80. The third-order valence-corrected chi connectivity index (χ3v) is 6.16. The molecule has 0 unspecified atom stereocenters. The van der Waals surface area contributed by atoms with Crippen LogP contribution in [-0.2, 0) is 26.0 Å². The number of nitrogens with one attached hydrogen (secondary N) is 1. The number of hydrogen-bond acceptors (Lipinski definition) is 4. The van der Waals surface area contributed by atoms with Crippen LogP contribution in [0.5, 0.6) is 0 Å². The fourth-order valence-electron chi connectivity index (χ4n) is 3.41. The summed E-state index contributed by atoms with van der Waals surface area (Å²) in [6, 6.07) is 7.93. The molecule has 0 radical (unpaired) electrons. The minimum atomic E-state index is -3.66. The summed E-state index contributed by atoms with van der Waals surface area (Å²) in [5, 5.41) is 0. The van der Waals surface area contributed by atoms with Crippen LogP contribution >= 0.6 is 0 Å². The van der Waals surface area contributed by atoms with E-state index in [1.165, 1.54) is 4.90 Å². The van der Waals surface area contributed by atoms with E-state index in [1.54, 1.807) is 11.9 Å². The molecule has 2 saturated heterocycles. The average molecular weight is 365 g/mol. The van der Waals surface area contributed by atoms with Crippen molar-refractivity contribution in [1.29, 1.82) is 0 Å². The first-order valence-corrected chi connectivity index (χ1v) is 10.1. The van der Waals surface area contributed by atoms with Crippen LogP contribution in [0, 0.1) is 0 Å². The lowest BCUT2D eigenvalue weighted by atomic mass is 10.0. The maximum Gasteiger partial charge on any atom is 0.245 e. The van der Waals surface area contributed by atoms with Crippen molar-refractivity contribution in [3.05, 3.63) is 35.9 Å². The number of amides is 2. The summed E-state index contributed by atoms with van der Waals surface area (Å²) < 4.78 is 27.3. The second kappa shape index (κ2) is 7.13. The highest BCUT2D eigenvalue weighted by Gasteiger charge is 2.40. The van der Waals surface area contributed by atoms with E-state index in [9.17, 15) is 18.0 Å². The molecular formula is C17H23N3O4S. The van der Waals surface area contributed by atoms with Crippen LogP contribution in [0.15, 0.2) is 30.3 Å². The van der Waals surface area contributed by atoms with Crippen molar-refractivity contribution in [1.82, 2.24) is 14.5 Å². The summed E-state index contributed by atoms with van der Waals surface area (Å²) in [7, 11) is -2.08. The van der Waals surface area contributed by atoms with Gasteiger partial charge in [0, 0.05) is 20.1 Å². The van der Waals surface area contributed by atoms with Crippen LogP contribution in [0.3, 0.4) is 0 Å². The first-order valence-electron chi connectivity index (χ1n) is 8.47. The number of carbonyl (C=O) groups excluding carboxylic acids is 2. The SMILES string of the molecule is CN1CCS(=O)(=O)N[C@@H](Cc2ccccc2)C(=O)N2CCC[C@@H]2C1=O. The van der Waals surface area contributed by atoms with Crippen molar-refractivity contribution < 1.29 is 18.0 Å². The molecule has 2 aliphatic heterocycles. The monoisotopic (exact) mass is 365 g/mol. The van der Waals surface area contributed by atoms with Gasteiger partial charge in [0.25, 0.3) is 0 Å². The Balaban J connectivity index is 1.92. The number of nitrogens with zero attached hydrogens (tertiary/aromatic N) is 2. The van der Waals surface area contributed by atoms with Gasteiger partial charge < -0.3 is 9.80 Å². The molecule has 25 heavy (non-hydrogen) atoms. The summed E-state index contributed by atoms with van der Waals surface area (Å²) in [5.74, 6) is -0.708. The molecule has 8 heteroatoms. The van der Waals surface area contributed by atoms with Gasteiger partial charge in [0.2, 0.25) is 21.8 Å². The van der Waals surface area contributed by atoms with E-state index in [0.717, 1.165) is 12.0 Å². The van der Waals surface area contributed by atoms with Crippen LogP contribution in [0.2, 0.25) is 0 Å². The van der Waals surface area contributed by atoms with E-state index in [4.69, 9.17) is 0 Å². The molecule has 0 bridgehead atoms. The second-order valence-electron chi connectivity index (χ2n) is 6.63. The molecule has 7 nitrogen and oxygen atoms in total. The van der Waals surface area contributed by atoms with Gasteiger partial charge in [-0.3, -0.25) is 9.59 Å². The molecule has 0 aliphatic carbocycles. The molecule has 2 heterocycles. The lowest BCUT2D eigenvalue weighted by molar-refractivity contribution is -0.143. The Bertz CT molecular complexity index is 750. The van der Waals surface area contributed by atoms with E-state index >= 15 is 0 Å². The van der Waals surface area contributed by atoms with E-state index in [-0.39, 0.29) is 30.5 Å². The number of rotatable bonds is 2. The molecule has 2 fully saturated rings. The Morgan fingerprint density at radius 1 is 1.12 bits per heavy atom. The highest BCUT2D eigenvalue weighted by atomic mass is 32.2. The zero-order valence-corrected chi connectivity index (χ0v) is 15.0. The Morgan fingerprint density at radius 3 is 2.56 bits per heavy atom. The first kappa shape index (κ1) is 17.9. The molecule has 1 aromatic rings. The van der Waals surface area contributed by atoms with Crippen molar-refractivity contribution in [2.24, 2.45) is 0 Å². The summed E-state index contributed by atoms with van der Waals surface area (Å²) >= 11 is 0. The van der Waals surface area contributed by atoms with E-state index in [1.807, 2.05) is 30.3 Å². The highest BCUT2D eigenvalue weighted by Crippen LogP contribution is 2.22. The normalized spacial score (nSPS) is 27.2. The fourth-order valence-corrected chi connectivity index (χ4v) is 4.66. The number of sulfonamides is 1. The van der Waals surface area contributed by atoms with Gasteiger partial charge in [-0.05, 0) is 24.8 Å². The first-order chi connectivity index (χ1) is 11.9. The molecule has 1 aromatic carbocycles. The predicted molar refractivity (Wildman–Crippen MR) is 93.2 cm³/mol. The molecule has 2 aliphatic rings. The lowest BCUT2D eigenvalue weighted by Crippen LogP contribution is -2.56. The van der Waals surface area contributed by atoms with Gasteiger partial charge in [0.1, 0.15) is 12.1 Å². The number of likely N-dealkylation sites (N-methyl/N-ethyl adjacent to an activating group) is 1. The number of fused-ring (bicyclic) bond motifs is 1. The van der Waals surface area contributed by atoms with Gasteiger partial charge in [-0.2, -0.15) is 0 Å². The average Bonchev–Trinajstić information content (AvgIpc) is 3.07. The Kier molecular flexibility index (Phi) is 5.10. The van der Waals surface area contributed by atoms with Gasteiger partial charge in [0.05, 0.1) is 5.75 Å². The lowest BCUT2D eigenvalue weighted by Gasteiger charge is -2.32. The van der Waals surface area contributed by atoms with Crippen LogP contribution in [0.25, 0.3) is 0 Å². The Hall–Kier alpha value is -1.93. The van der Waals surface area contributed by atoms with Crippen molar-refractivity contribution in [3.8, 4) is 0 Å². The van der Waals surface area contributed by atoms with Crippen LogP contribution < -0.4 is 4.72 Å². The molecular weight excluding hydrogens is 342 g/mol. The summed E-state index contributed by atoms with van der Waals surface area (Å²) in [5.41, 5.74) is 0.875. The highest BCUT2D eigenvalue weighted by molar-refractivity contribution is 7.89. The zero-order chi connectivity index (χ0) is 18.0. The molecule has 0 saturated carbocycles. The molecule has 2 amide bonds. The van der Waals surface area contributed by atoms with Crippen molar-refractivity contribution in [3.63, 3.8) is 0 Å².